The number of rotatable bonds is 2. The van der Waals surface area contributed by atoms with Crippen molar-refractivity contribution < 1.29 is 5.11 Å². The van der Waals surface area contributed by atoms with Crippen LogP contribution < -0.4 is 5.32 Å². The molecule has 0 aromatic heterocycles. The molecule has 0 radical (unpaired) electrons. The van der Waals surface area contributed by atoms with E-state index in [9.17, 15) is 5.11 Å². The summed E-state index contributed by atoms with van der Waals surface area (Å²) in [6, 6.07) is 7.55. The van der Waals surface area contributed by atoms with Crippen LogP contribution in [0.3, 0.4) is 0 Å². The maximum atomic E-state index is 9.42. The largest absolute Gasteiger partial charge is 0.508 e. The number of nitrogens with zero attached hydrogens (tertiary/aromatic N) is 1. The third-order valence-corrected chi connectivity index (χ3v) is 2.98. The summed E-state index contributed by atoms with van der Waals surface area (Å²) in [4.78, 5) is 2.44. The highest BCUT2D eigenvalue weighted by Crippen LogP contribution is 2.14. The molecule has 3 heteroatoms. The first-order valence-electron chi connectivity index (χ1n) is 5.95. The highest BCUT2D eigenvalue weighted by atomic mass is 16.3. The molecule has 1 saturated heterocycles. The molecule has 0 saturated carbocycles. The quantitative estimate of drug-likeness (QED) is 0.791. The number of phenolic OH excluding ortho intramolecular Hbond substituents is 1. The summed E-state index contributed by atoms with van der Waals surface area (Å²) in [5.41, 5.74) is 1.19. The smallest absolute Gasteiger partial charge is 0.115 e. The van der Waals surface area contributed by atoms with Gasteiger partial charge in [0, 0.05) is 26.2 Å². The van der Waals surface area contributed by atoms with E-state index in [1.165, 1.54) is 5.56 Å². The van der Waals surface area contributed by atoms with Crippen LogP contribution in [-0.2, 0) is 6.54 Å². The van der Waals surface area contributed by atoms with Crippen molar-refractivity contribution in [1.82, 2.24) is 10.2 Å². The van der Waals surface area contributed by atoms with E-state index in [2.05, 4.69) is 23.2 Å². The number of hydrogen-bond acceptors (Lipinski definition) is 3. The Balaban J connectivity index is 1.97. The van der Waals surface area contributed by atoms with E-state index in [-0.39, 0.29) is 0 Å². The highest BCUT2D eigenvalue weighted by molar-refractivity contribution is 5.27. The number of aromatic hydroxyl groups is 1. The van der Waals surface area contributed by atoms with Gasteiger partial charge in [-0.25, -0.2) is 0 Å². The zero-order valence-electron chi connectivity index (χ0n) is 9.82. The molecule has 3 nitrogen and oxygen atoms in total. The lowest BCUT2D eigenvalue weighted by Gasteiger charge is -2.21. The van der Waals surface area contributed by atoms with Gasteiger partial charge in [0.15, 0.2) is 0 Å². The van der Waals surface area contributed by atoms with Gasteiger partial charge in [-0.3, -0.25) is 4.90 Å². The van der Waals surface area contributed by atoms with Gasteiger partial charge in [-0.1, -0.05) is 19.1 Å². The first-order valence-corrected chi connectivity index (χ1v) is 5.95. The van der Waals surface area contributed by atoms with Gasteiger partial charge in [0.1, 0.15) is 5.75 Å². The standard InChI is InChI=1S/C13H20N2O/c1-11-8-14-5-6-15(9-11)10-12-3-2-4-13(16)7-12/h2-4,7,11,14,16H,5-6,8-10H2,1H3. The Morgan fingerprint density at radius 3 is 3.19 bits per heavy atom. The van der Waals surface area contributed by atoms with Gasteiger partial charge in [-0.2, -0.15) is 0 Å². The van der Waals surface area contributed by atoms with Crippen molar-refractivity contribution in [3.05, 3.63) is 29.8 Å². The minimum Gasteiger partial charge on any atom is -0.508 e. The first-order chi connectivity index (χ1) is 7.74. The SMILES string of the molecule is CC1CNCCN(Cc2cccc(O)c2)C1. The van der Waals surface area contributed by atoms with Crippen molar-refractivity contribution in [2.24, 2.45) is 5.92 Å². The minimum absolute atomic E-state index is 0.360. The minimum atomic E-state index is 0.360. The molecular weight excluding hydrogens is 200 g/mol. The summed E-state index contributed by atoms with van der Waals surface area (Å²) in [6.45, 7) is 7.58. The second-order valence-electron chi connectivity index (χ2n) is 4.71. The van der Waals surface area contributed by atoms with Crippen LogP contribution >= 0.6 is 0 Å². The van der Waals surface area contributed by atoms with Crippen LogP contribution in [0.4, 0.5) is 0 Å². The predicted octanol–water partition coefficient (Wildman–Crippen LogP) is 1.43. The number of hydrogen-bond donors (Lipinski definition) is 2. The van der Waals surface area contributed by atoms with Gasteiger partial charge >= 0.3 is 0 Å². The van der Waals surface area contributed by atoms with Crippen LogP contribution in [-0.4, -0.2) is 36.2 Å². The van der Waals surface area contributed by atoms with E-state index < -0.39 is 0 Å². The molecule has 1 heterocycles. The molecule has 1 atom stereocenters. The van der Waals surface area contributed by atoms with Crippen molar-refractivity contribution in [1.29, 1.82) is 0 Å². The van der Waals surface area contributed by atoms with Crippen molar-refractivity contribution in [2.45, 2.75) is 13.5 Å². The Kier molecular flexibility index (Phi) is 3.80. The van der Waals surface area contributed by atoms with Crippen molar-refractivity contribution in [3.8, 4) is 5.75 Å². The lowest BCUT2D eigenvalue weighted by molar-refractivity contribution is 0.256. The molecule has 1 aliphatic heterocycles. The second kappa shape index (κ2) is 5.32. The molecular formula is C13H20N2O. The number of phenols is 1. The second-order valence-corrected chi connectivity index (χ2v) is 4.71. The number of benzene rings is 1. The van der Waals surface area contributed by atoms with Crippen molar-refractivity contribution in [2.75, 3.05) is 26.2 Å². The molecule has 0 aliphatic carbocycles. The van der Waals surface area contributed by atoms with Crippen LogP contribution in [0.5, 0.6) is 5.75 Å². The Morgan fingerprint density at radius 2 is 2.38 bits per heavy atom. The Morgan fingerprint density at radius 1 is 1.50 bits per heavy atom. The Bertz CT molecular complexity index is 340. The van der Waals surface area contributed by atoms with E-state index in [0.29, 0.717) is 11.7 Å². The van der Waals surface area contributed by atoms with Crippen LogP contribution in [0.25, 0.3) is 0 Å². The monoisotopic (exact) mass is 220 g/mol. The van der Waals surface area contributed by atoms with Gasteiger partial charge < -0.3 is 10.4 Å². The van der Waals surface area contributed by atoms with Gasteiger partial charge in [0.25, 0.3) is 0 Å². The molecule has 1 aliphatic rings. The van der Waals surface area contributed by atoms with Crippen LogP contribution in [0.2, 0.25) is 0 Å². The average molecular weight is 220 g/mol. The lowest BCUT2D eigenvalue weighted by atomic mass is 10.1. The molecule has 1 unspecified atom stereocenters. The Hall–Kier alpha value is -1.06. The van der Waals surface area contributed by atoms with E-state index in [4.69, 9.17) is 0 Å². The van der Waals surface area contributed by atoms with E-state index >= 15 is 0 Å². The summed E-state index contributed by atoms with van der Waals surface area (Å²) in [6.07, 6.45) is 0. The molecule has 0 bridgehead atoms. The lowest BCUT2D eigenvalue weighted by Crippen LogP contribution is -2.28. The van der Waals surface area contributed by atoms with Crippen molar-refractivity contribution >= 4 is 0 Å². The third-order valence-electron chi connectivity index (χ3n) is 2.98. The fraction of sp³-hybridized carbons (Fsp3) is 0.538. The molecule has 16 heavy (non-hydrogen) atoms. The third kappa shape index (κ3) is 3.22. The molecule has 1 aromatic rings. The van der Waals surface area contributed by atoms with E-state index in [1.807, 2.05) is 12.1 Å². The molecule has 1 aromatic carbocycles. The maximum Gasteiger partial charge on any atom is 0.115 e. The molecule has 0 amide bonds. The molecule has 2 N–H and O–H groups in total. The predicted molar refractivity (Wildman–Crippen MR) is 65.4 cm³/mol. The fourth-order valence-electron chi connectivity index (χ4n) is 2.24. The van der Waals surface area contributed by atoms with Crippen LogP contribution in [0.1, 0.15) is 12.5 Å². The fourth-order valence-corrected chi connectivity index (χ4v) is 2.24. The zero-order valence-corrected chi connectivity index (χ0v) is 9.82. The summed E-state index contributed by atoms with van der Waals surface area (Å²) < 4.78 is 0. The van der Waals surface area contributed by atoms with Gasteiger partial charge in [0.2, 0.25) is 0 Å². The van der Waals surface area contributed by atoms with Crippen LogP contribution in [0.15, 0.2) is 24.3 Å². The topological polar surface area (TPSA) is 35.5 Å². The number of nitrogens with one attached hydrogen (secondary N) is 1. The summed E-state index contributed by atoms with van der Waals surface area (Å²) in [7, 11) is 0. The Labute approximate surface area is 97.1 Å². The normalized spacial score (nSPS) is 22.9. The van der Waals surface area contributed by atoms with Gasteiger partial charge in [-0.15, -0.1) is 0 Å². The maximum absolute atomic E-state index is 9.42. The molecule has 0 spiro atoms. The highest BCUT2D eigenvalue weighted by Gasteiger charge is 2.14. The van der Waals surface area contributed by atoms with Crippen molar-refractivity contribution in [3.63, 3.8) is 0 Å². The summed E-state index contributed by atoms with van der Waals surface area (Å²) >= 11 is 0. The first kappa shape index (κ1) is 11.4. The zero-order chi connectivity index (χ0) is 11.4. The van der Waals surface area contributed by atoms with Gasteiger partial charge in [0.05, 0.1) is 0 Å². The van der Waals surface area contributed by atoms with Gasteiger partial charge in [-0.05, 0) is 30.2 Å². The summed E-state index contributed by atoms with van der Waals surface area (Å²) in [5.74, 6) is 1.05. The molecule has 1 fully saturated rings. The summed E-state index contributed by atoms with van der Waals surface area (Å²) in [5, 5.41) is 12.9. The van der Waals surface area contributed by atoms with E-state index in [0.717, 1.165) is 32.7 Å². The van der Waals surface area contributed by atoms with Crippen LogP contribution in [0, 0.1) is 5.92 Å². The molecule has 88 valence electrons. The van der Waals surface area contributed by atoms with E-state index in [1.54, 1.807) is 6.07 Å². The molecule has 2 rings (SSSR count). The average Bonchev–Trinajstić information content (AvgIpc) is 2.43.